The Kier molecular flexibility index (Phi) is 7.36. The van der Waals surface area contributed by atoms with E-state index in [2.05, 4.69) is 43.5 Å². The minimum absolute atomic E-state index is 0. The number of hydrogen-bond acceptors (Lipinski definition) is 3. The number of rotatable bonds is 5. The van der Waals surface area contributed by atoms with Gasteiger partial charge in [0.2, 0.25) is 5.91 Å². The van der Waals surface area contributed by atoms with Crippen molar-refractivity contribution in [1.29, 1.82) is 0 Å². The van der Waals surface area contributed by atoms with E-state index in [1.807, 2.05) is 12.1 Å². The standard InChI is InChI=1S/C18H28N2O2.ClH/c1-13-11-14(9-10-19-13)17(21)20-12-18(2,3)15-5-7-16(22-4)8-6-15;/h5-8,13-14,19H,9-12H2,1-4H3,(H,20,21);1H/t13-,14-;/m0./s1. The fraction of sp³-hybridized carbons (Fsp3) is 0.611. The van der Waals surface area contributed by atoms with Gasteiger partial charge >= 0.3 is 0 Å². The summed E-state index contributed by atoms with van der Waals surface area (Å²) in [5.41, 5.74) is 1.10. The normalized spacial score (nSPS) is 21.2. The number of ether oxygens (including phenoxy) is 1. The molecule has 1 aliphatic heterocycles. The molecule has 1 heterocycles. The monoisotopic (exact) mass is 340 g/mol. The SMILES string of the molecule is COc1ccc(C(C)(C)CNC(=O)[C@H]2CCN[C@@H](C)C2)cc1.Cl. The van der Waals surface area contributed by atoms with Gasteiger partial charge in [-0.05, 0) is 44.0 Å². The molecule has 2 N–H and O–H groups in total. The van der Waals surface area contributed by atoms with E-state index in [-0.39, 0.29) is 29.6 Å². The van der Waals surface area contributed by atoms with Crippen LogP contribution in [0, 0.1) is 5.92 Å². The van der Waals surface area contributed by atoms with Crippen LogP contribution in [-0.4, -0.2) is 32.1 Å². The van der Waals surface area contributed by atoms with E-state index in [1.54, 1.807) is 7.11 Å². The van der Waals surface area contributed by atoms with E-state index in [0.717, 1.165) is 25.1 Å². The van der Waals surface area contributed by atoms with Crippen LogP contribution in [-0.2, 0) is 10.2 Å². The van der Waals surface area contributed by atoms with Crippen molar-refractivity contribution in [3.05, 3.63) is 29.8 Å². The second-order valence-corrected chi connectivity index (χ2v) is 6.91. The first kappa shape index (κ1) is 19.8. The van der Waals surface area contributed by atoms with Gasteiger partial charge < -0.3 is 15.4 Å². The molecule has 0 saturated carbocycles. The van der Waals surface area contributed by atoms with Gasteiger partial charge in [0.25, 0.3) is 0 Å². The molecule has 4 nitrogen and oxygen atoms in total. The van der Waals surface area contributed by atoms with Gasteiger partial charge in [-0.25, -0.2) is 0 Å². The molecule has 1 aromatic carbocycles. The first-order chi connectivity index (χ1) is 10.4. The average Bonchev–Trinajstić information content (AvgIpc) is 2.52. The van der Waals surface area contributed by atoms with Crippen LogP contribution in [0.2, 0.25) is 0 Å². The third-order valence-corrected chi connectivity index (χ3v) is 4.57. The van der Waals surface area contributed by atoms with Crippen LogP contribution in [0.25, 0.3) is 0 Å². The summed E-state index contributed by atoms with van der Waals surface area (Å²) in [4.78, 5) is 12.4. The second kappa shape index (κ2) is 8.55. The molecular weight excluding hydrogens is 312 g/mol. The topological polar surface area (TPSA) is 50.4 Å². The number of methoxy groups -OCH3 is 1. The van der Waals surface area contributed by atoms with Crippen LogP contribution >= 0.6 is 12.4 Å². The Morgan fingerprint density at radius 2 is 2.00 bits per heavy atom. The van der Waals surface area contributed by atoms with Crippen LogP contribution in [0.4, 0.5) is 0 Å². The maximum atomic E-state index is 12.4. The first-order valence-electron chi connectivity index (χ1n) is 8.08. The molecule has 0 aliphatic carbocycles. The highest BCUT2D eigenvalue weighted by Crippen LogP contribution is 2.25. The minimum atomic E-state index is -0.0968. The number of benzene rings is 1. The zero-order valence-corrected chi connectivity index (χ0v) is 15.3. The predicted molar refractivity (Wildman–Crippen MR) is 96.5 cm³/mol. The van der Waals surface area contributed by atoms with Crippen molar-refractivity contribution in [3.8, 4) is 5.75 Å². The summed E-state index contributed by atoms with van der Waals surface area (Å²) in [6.45, 7) is 8.03. The summed E-state index contributed by atoms with van der Waals surface area (Å²) in [7, 11) is 1.67. The third-order valence-electron chi connectivity index (χ3n) is 4.57. The molecule has 1 fully saturated rings. The van der Waals surface area contributed by atoms with E-state index in [1.165, 1.54) is 5.56 Å². The maximum Gasteiger partial charge on any atom is 0.223 e. The summed E-state index contributed by atoms with van der Waals surface area (Å²) >= 11 is 0. The Morgan fingerprint density at radius 3 is 2.57 bits per heavy atom. The number of carbonyl (C=O) groups is 1. The van der Waals surface area contributed by atoms with Gasteiger partial charge in [0.15, 0.2) is 0 Å². The molecule has 1 saturated heterocycles. The molecule has 1 aliphatic rings. The lowest BCUT2D eigenvalue weighted by Crippen LogP contribution is -2.45. The Hall–Kier alpha value is -1.26. The van der Waals surface area contributed by atoms with Crippen molar-refractivity contribution in [2.45, 2.75) is 45.1 Å². The Morgan fingerprint density at radius 1 is 1.35 bits per heavy atom. The number of halogens is 1. The highest BCUT2D eigenvalue weighted by Gasteiger charge is 2.27. The molecule has 0 aromatic heterocycles. The molecule has 2 atom stereocenters. The first-order valence-corrected chi connectivity index (χ1v) is 8.08. The van der Waals surface area contributed by atoms with E-state index in [4.69, 9.17) is 4.74 Å². The van der Waals surface area contributed by atoms with Crippen molar-refractivity contribution in [3.63, 3.8) is 0 Å². The molecule has 0 spiro atoms. The number of nitrogens with one attached hydrogen (secondary N) is 2. The number of hydrogen-bond donors (Lipinski definition) is 2. The highest BCUT2D eigenvalue weighted by atomic mass is 35.5. The third kappa shape index (κ3) is 5.40. The molecule has 0 radical (unpaired) electrons. The van der Waals surface area contributed by atoms with Crippen LogP contribution < -0.4 is 15.4 Å². The van der Waals surface area contributed by atoms with Crippen LogP contribution in [0.15, 0.2) is 24.3 Å². The number of amides is 1. The Bertz CT molecular complexity index is 502. The molecule has 1 amide bonds. The van der Waals surface area contributed by atoms with E-state index >= 15 is 0 Å². The van der Waals surface area contributed by atoms with Crippen LogP contribution in [0.5, 0.6) is 5.75 Å². The van der Waals surface area contributed by atoms with E-state index < -0.39 is 0 Å². The second-order valence-electron chi connectivity index (χ2n) is 6.91. The quantitative estimate of drug-likeness (QED) is 0.866. The lowest BCUT2D eigenvalue weighted by Gasteiger charge is -2.30. The molecule has 130 valence electrons. The molecule has 0 unspecified atom stereocenters. The van der Waals surface area contributed by atoms with Crippen molar-refractivity contribution < 1.29 is 9.53 Å². The molecular formula is C18H29ClN2O2. The summed E-state index contributed by atoms with van der Waals surface area (Å²) in [5.74, 6) is 1.19. The van der Waals surface area contributed by atoms with Crippen LogP contribution in [0.1, 0.15) is 39.2 Å². The summed E-state index contributed by atoms with van der Waals surface area (Å²) in [6.07, 6.45) is 1.86. The number of piperidine rings is 1. The van der Waals surface area contributed by atoms with Crippen molar-refractivity contribution in [2.24, 2.45) is 5.92 Å². The fourth-order valence-electron chi connectivity index (χ4n) is 2.97. The minimum Gasteiger partial charge on any atom is -0.497 e. The van der Waals surface area contributed by atoms with Gasteiger partial charge in [-0.3, -0.25) is 4.79 Å². The zero-order chi connectivity index (χ0) is 16.2. The fourth-order valence-corrected chi connectivity index (χ4v) is 2.97. The van der Waals surface area contributed by atoms with Gasteiger partial charge in [0.1, 0.15) is 5.75 Å². The summed E-state index contributed by atoms with van der Waals surface area (Å²) < 4.78 is 5.19. The predicted octanol–water partition coefficient (Wildman–Crippen LogP) is 2.90. The zero-order valence-electron chi connectivity index (χ0n) is 14.5. The van der Waals surface area contributed by atoms with E-state index in [9.17, 15) is 4.79 Å². The molecule has 5 heteroatoms. The van der Waals surface area contributed by atoms with Gasteiger partial charge in [0, 0.05) is 23.9 Å². The molecule has 23 heavy (non-hydrogen) atoms. The van der Waals surface area contributed by atoms with Crippen LogP contribution in [0.3, 0.4) is 0 Å². The molecule has 0 bridgehead atoms. The summed E-state index contributed by atoms with van der Waals surface area (Å²) in [5, 5.41) is 6.53. The van der Waals surface area contributed by atoms with Gasteiger partial charge in [0.05, 0.1) is 7.11 Å². The smallest absolute Gasteiger partial charge is 0.223 e. The Labute approximate surface area is 145 Å². The summed E-state index contributed by atoms with van der Waals surface area (Å²) in [6, 6.07) is 8.50. The Balaban J connectivity index is 0.00000264. The van der Waals surface area contributed by atoms with Crippen molar-refractivity contribution >= 4 is 18.3 Å². The lowest BCUT2D eigenvalue weighted by atomic mass is 9.84. The lowest BCUT2D eigenvalue weighted by molar-refractivity contribution is -0.126. The maximum absolute atomic E-state index is 12.4. The van der Waals surface area contributed by atoms with Crippen molar-refractivity contribution in [1.82, 2.24) is 10.6 Å². The number of carbonyl (C=O) groups excluding carboxylic acids is 1. The van der Waals surface area contributed by atoms with E-state index in [0.29, 0.717) is 12.6 Å². The van der Waals surface area contributed by atoms with Gasteiger partial charge in [-0.1, -0.05) is 26.0 Å². The molecule has 1 aromatic rings. The van der Waals surface area contributed by atoms with Gasteiger partial charge in [-0.15, -0.1) is 12.4 Å². The average molecular weight is 341 g/mol. The van der Waals surface area contributed by atoms with Crippen molar-refractivity contribution in [2.75, 3.05) is 20.2 Å². The highest BCUT2D eigenvalue weighted by molar-refractivity contribution is 5.85. The largest absolute Gasteiger partial charge is 0.497 e. The van der Waals surface area contributed by atoms with Gasteiger partial charge in [-0.2, -0.15) is 0 Å². The molecule has 2 rings (SSSR count).